The maximum Gasteiger partial charge on any atom is 0.249 e. The molecule has 3 aromatic rings. The van der Waals surface area contributed by atoms with Crippen LogP contribution >= 0.6 is 0 Å². The normalized spacial score (nSPS) is 17.3. The van der Waals surface area contributed by atoms with Crippen LogP contribution in [0.5, 0.6) is 0 Å². The molecular formula is C17H17N5O2. The van der Waals surface area contributed by atoms with Crippen LogP contribution in [-0.4, -0.2) is 37.0 Å². The molecule has 24 heavy (non-hydrogen) atoms. The number of likely N-dealkylation sites (tertiary alicyclic amines) is 1. The van der Waals surface area contributed by atoms with Gasteiger partial charge in [0.25, 0.3) is 0 Å². The van der Waals surface area contributed by atoms with Gasteiger partial charge in [-0.2, -0.15) is 4.98 Å². The quantitative estimate of drug-likeness (QED) is 0.736. The average Bonchev–Trinajstić information content (AvgIpc) is 3.36. The first-order chi connectivity index (χ1) is 11.8. The Kier molecular flexibility index (Phi) is 3.82. The molecule has 0 unspecified atom stereocenters. The van der Waals surface area contributed by atoms with Gasteiger partial charge in [0.05, 0.1) is 6.33 Å². The van der Waals surface area contributed by atoms with Crippen LogP contribution in [0.15, 0.2) is 53.6 Å². The Balaban J connectivity index is 1.53. The molecule has 122 valence electrons. The average molecular weight is 323 g/mol. The minimum absolute atomic E-state index is 0.0370. The Morgan fingerprint density at radius 3 is 2.96 bits per heavy atom. The van der Waals surface area contributed by atoms with Crippen molar-refractivity contribution in [2.75, 3.05) is 6.54 Å². The summed E-state index contributed by atoms with van der Waals surface area (Å²) in [5.41, 5.74) is 0.904. The summed E-state index contributed by atoms with van der Waals surface area (Å²) in [7, 11) is 0. The number of hydrogen-bond donors (Lipinski definition) is 0. The molecule has 0 bridgehead atoms. The lowest BCUT2D eigenvalue weighted by atomic mass is 10.2. The van der Waals surface area contributed by atoms with E-state index in [0.717, 1.165) is 18.4 Å². The van der Waals surface area contributed by atoms with Crippen molar-refractivity contribution >= 4 is 5.91 Å². The number of aromatic nitrogens is 4. The highest BCUT2D eigenvalue weighted by Crippen LogP contribution is 2.32. The Morgan fingerprint density at radius 2 is 2.17 bits per heavy atom. The van der Waals surface area contributed by atoms with Gasteiger partial charge in [-0.15, -0.1) is 0 Å². The lowest BCUT2D eigenvalue weighted by Crippen LogP contribution is -2.33. The molecule has 1 aromatic carbocycles. The van der Waals surface area contributed by atoms with Gasteiger partial charge in [0.2, 0.25) is 17.6 Å². The first kappa shape index (κ1) is 14.6. The number of carbonyl (C=O) groups is 1. The van der Waals surface area contributed by atoms with Crippen molar-refractivity contribution in [3.8, 4) is 11.4 Å². The van der Waals surface area contributed by atoms with Gasteiger partial charge >= 0.3 is 0 Å². The highest BCUT2D eigenvalue weighted by molar-refractivity contribution is 5.76. The summed E-state index contributed by atoms with van der Waals surface area (Å²) in [4.78, 5) is 22.9. The second-order valence-electron chi connectivity index (χ2n) is 5.80. The summed E-state index contributed by atoms with van der Waals surface area (Å²) in [5, 5.41) is 4.06. The third-order valence-corrected chi connectivity index (χ3v) is 4.21. The summed E-state index contributed by atoms with van der Waals surface area (Å²) in [5.74, 6) is 1.10. The van der Waals surface area contributed by atoms with E-state index in [-0.39, 0.29) is 18.5 Å². The summed E-state index contributed by atoms with van der Waals surface area (Å²) in [6.07, 6.45) is 6.86. The number of nitrogens with zero attached hydrogens (tertiary/aromatic N) is 5. The first-order valence-electron chi connectivity index (χ1n) is 7.95. The van der Waals surface area contributed by atoms with Crippen molar-refractivity contribution < 1.29 is 9.32 Å². The van der Waals surface area contributed by atoms with Crippen LogP contribution in [0, 0.1) is 0 Å². The lowest BCUT2D eigenvalue weighted by molar-refractivity contribution is -0.133. The van der Waals surface area contributed by atoms with Gasteiger partial charge in [0, 0.05) is 24.5 Å². The van der Waals surface area contributed by atoms with Crippen LogP contribution < -0.4 is 0 Å². The molecule has 1 aliphatic heterocycles. The molecule has 0 radical (unpaired) electrons. The van der Waals surface area contributed by atoms with Gasteiger partial charge in [-0.05, 0) is 12.8 Å². The maximum absolute atomic E-state index is 12.6. The van der Waals surface area contributed by atoms with Crippen molar-refractivity contribution in [1.29, 1.82) is 0 Å². The van der Waals surface area contributed by atoms with E-state index in [1.54, 1.807) is 23.3 Å². The Labute approximate surface area is 138 Å². The summed E-state index contributed by atoms with van der Waals surface area (Å²) in [6, 6.07) is 9.53. The standard InChI is InChI=1S/C17H17N5O2/c23-15(11-21-10-8-18-12-21)22-9-4-7-14(22)17-19-16(20-24-17)13-5-2-1-3-6-13/h1-3,5-6,8,10,12,14H,4,7,9,11H2/t14-/m0/s1. The number of amides is 1. The number of hydrogen-bond acceptors (Lipinski definition) is 5. The fourth-order valence-electron chi connectivity index (χ4n) is 3.02. The Bertz CT molecular complexity index is 813. The van der Waals surface area contributed by atoms with Crippen molar-refractivity contribution in [2.24, 2.45) is 0 Å². The zero-order valence-corrected chi connectivity index (χ0v) is 13.1. The first-order valence-corrected chi connectivity index (χ1v) is 7.95. The molecule has 1 aliphatic rings. The predicted molar refractivity (Wildman–Crippen MR) is 85.6 cm³/mol. The van der Waals surface area contributed by atoms with E-state index in [1.807, 2.05) is 35.2 Å². The van der Waals surface area contributed by atoms with Crippen LogP contribution in [0.3, 0.4) is 0 Å². The smallest absolute Gasteiger partial charge is 0.249 e. The molecule has 1 atom stereocenters. The Hall–Kier alpha value is -2.96. The molecule has 0 saturated carbocycles. The van der Waals surface area contributed by atoms with Crippen LogP contribution in [-0.2, 0) is 11.3 Å². The van der Waals surface area contributed by atoms with Crippen molar-refractivity contribution in [3.63, 3.8) is 0 Å². The second-order valence-corrected chi connectivity index (χ2v) is 5.80. The molecule has 4 rings (SSSR count). The molecule has 0 N–H and O–H groups in total. The van der Waals surface area contributed by atoms with E-state index in [4.69, 9.17) is 4.52 Å². The van der Waals surface area contributed by atoms with E-state index >= 15 is 0 Å². The van der Waals surface area contributed by atoms with Crippen LogP contribution in [0.1, 0.15) is 24.8 Å². The minimum Gasteiger partial charge on any atom is -0.337 e. The molecule has 0 aliphatic carbocycles. The van der Waals surface area contributed by atoms with E-state index in [1.165, 1.54) is 0 Å². The molecular weight excluding hydrogens is 306 g/mol. The number of benzene rings is 1. The van der Waals surface area contributed by atoms with Crippen molar-refractivity contribution in [1.82, 2.24) is 24.6 Å². The molecule has 1 amide bonds. The summed E-state index contributed by atoms with van der Waals surface area (Å²) < 4.78 is 7.21. The predicted octanol–water partition coefficient (Wildman–Crippen LogP) is 2.30. The fourth-order valence-corrected chi connectivity index (χ4v) is 3.02. The third kappa shape index (κ3) is 2.80. The molecule has 1 fully saturated rings. The molecule has 0 spiro atoms. The van der Waals surface area contributed by atoms with Crippen molar-refractivity contribution in [3.05, 3.63) is 54.9 Å². The van der Waals surface area contributed by atoms with Crippen LogP contribution in [0.4, 0.5) is 0 Å². The van der Waals surface area contributed by atoms with E-state index < -0.39 is 0 Å². The highest BCUT2D eigenvalue weighted by atomic mass is 16.5. The Morgan fingerprint density at radius 1 is 1.29 bits per heavy atom. The topological polar surface area (TPSA) is 77.1 Å². The largest absolute Gasteiger partial charge is 0.337 e. The van der Waals surface area contributed by atoms with Crippen molar-refractivity contribution in [2.45, 2.75) is 25.4 Å². The molecule has 7 nitrogen and oxygen atoms in total. The summed E-state index contributed by atoms with van der Waals surface area (Å²) in [6.45, 7) is 0.984. The second kappa shape index (κ2) is 6.27. The SMILES string of the molecule is O=C(Cn1ccnc1)N1CCC[C@H]1c1nc(-c2ccccc2)no1. The third-order valence-electron chi connectivity index (χ3n) is 4.21. The zero-order valence-electron chi connectivity index (χ0n) is 13.1. The van der Waals surface area contributed by atoms with Crippen LogP contribution in [0.25, 0.3) is 11.4 Å². The minimum atomic E-state index is -0.147. The highest BCUT2D eigenvalue weighted by Gasteiger charge is 2.34. The number of carbonyl (C=O) groups excluding carboxylic acids is 1. The zero-order chi connectivity index (χ0) is 16.4. The number of imidazole rings is 1. The van der Waals surface area contributed by atoms with Gasteiger partial charge in [-0.25, -0.2) is 4.98 Å². The summed E-state index contributed by atoms with van der Waals surface area (Å²) >= 11 is 0. The molecule has 2 aromatic heterocycles. The van der Waals surface area contributed by atoms with Gasteiger partial charge < -0.3 is 14.0 Å². The fraction of sp³-hybridized carbons (Fsp3) is 0.294. The molecule has 3 heterocycles. The van der Waals surface area contributed by atoms with E-state index in [9.17, 15) is 4.79 Å². The monoisotopic (exact) mass is 323 g/mol. The molecule has 1 saturated heterocycles. The van der Waals surface area contributed by atoms with Gasteiger partial charge in [-0.3, -0.25) is 4.79 Å². The van der Waals surface area contributed by atoms with E-state index in [2.05, 4.69) is 15.1 Å². The van der Waals surface area contributed by atoms with E-state index in [0.29, 0.717) is 18.3 Å². The lowest BCUT2D eigenvalue weighted by Gasteiger charge is -2.21. The maximum atomic E-state index is 12.6. The number of rotatable bonds is 4. The van der Waals surface area contributed by atoms with Gasteiger partial charge in [0.15, 0.2) is 0 Å². The van der Waals surface area contributed by atoms with Crippen LogP contribution in [0.2, 0.25) is 0 Å². The van der Waals surface area contributed by atoms with Gasteiger partial charge in [0.1, 0.15) is 12.6 Å². The van der Waals surface area contributed by atoms with Gasteiger partial charge in [-0.1, -0.05) is 35.5 Å². The molecule has 7 heteroatoms.